The molecule has 0 spiro atoms. The second-order valence-corrected chi connectivity index (χ2v) is 5.13. The van der Waals surface area contributed by atoms with E-state index in [2.05, 4.69) is 24.1 Å². The average Bonchev–Trinajstić information content (AvgIpc) is 2.35. The Labute approximate surface area is 108 Å². The zero-order chi connectivity index (χ0) is 13.6. The van der Waals surface area contributed by atoms with Crippen molar-refractivity contribution in [3.05, 3.63) is 22.7 Å². The molecule has 0 aliphatic heterocycles. The van der Waals surface area contributed by atoms with Gasteiger partial charge >= 0.3 is 0 Å². The highest BCUT2D eigenvalue weighted by molar-refractivity contribution is 5.31. The van der Waals surface area contributed by atoms with Gasteiger partial charge in [0.1, 0.15) is 0 Å². The van der Waals surface area contributed by atoms with Crippen LogP contribution in [-0.2, 0) is 11.3 Å². The summed E-state index contributed by atoms with van der Waals surface area (Å²) in [5.41, 5.74) is -0.000607. The molecule has 0 atom stereocenters. The lowest BCUT2D eigenvalue weighted by Gasteiger charge is -2.24. The maximum Gasteiger partial charge on any atom is 0.293 e. The second-order valence-electron chi connectivity index (χ2n) is 5.13. The van der Waals surface area contributed by atoms with Crippen LogP contribution < -0.4 is 10.9 Å². The number of aryl methyl sites for hydroxylation is 1. The van der Waals surface area contributed by atoms with Crippen molar-refractivity contribution in [3.63, 3.8) is 0 Å². The third-order valence-electron chi connectivity index (χ3n) is 2.97. The number of nitrogens with zero attached hydrogens (tertiary/aromatic N) is 2. The Morgan fingerprint density at radius 2 is 2.22 bits per heavy atom. The third kappa shape index (κ3) is 4.14. The summed E-state index contributed by atoms with van der Waals surface area (Å²) in [5, 5.41) is 3.14. The van der Waals surface area contributed by atoms with Crippen LogP contribution in [0.25, 0.3) is 0 Å². The minimum absolute atomic E-state index is 0.0665. The van der Waals surface area contributed by atoms with Crippen molar-refractivity contribution in [2.45, 2.75) is 33.7 Å². The van der Waals surface area contributed by atoms with E-state index in [1.165, 1.54) is 0 Å². The van der Waals surface area contributed by atoms with Gasteiger partial charge in [0.15, 0.2) is 5.82 Å². The molecule has 1 rings (SSSR count). The van der Waals surface area contributed by atoms with Crippen LogP contribution in [0, 0.1) is 5.41 Å². The van der Waals surface area contributed by atoms with Gasteiger partial charge in [-0.3, -0.25) is 4.79 Å². The van der Waals surface area contributed by atoms with Crippen LogP contribution >= 0.6 is 0 Å². The first kappa shape index (κ1) is 14.7. The van der Waals surface area contributed by atoms with Crippen molar-refractivity contribution in [2.24, 2.45) is 5.41 Å². The molecule has 0 fully saturated rings. The summed E-state index contributed by atoms with van der Waals surface area (Å²) in [6, 6.07) is 0. The Morgan fingerprint density at radius 3 is 2.83 bits per heavy atom. The van der Waals surface area contributed by atoms with E-state index in [1.807, 2.05) is 6.92 Å². The normalized spacial score (nSPS) is 11.6. The van der Waals surface area contributed by atoms with Crippen molar-refractivity contribution in [1.82, 2.24) is 9.55 Å². The molecule has 1 aromatic rings. The predicted molar refractivity (Wildman–Crippen MR) is 72.9 cm³/mol. The van der Waals surface area contributed by atoms with Gasteiger partial charge in [-0.25, -0.2) is 4.98 Å². The molecule has 18 heavy (non-hydrogen) atoms. The molecule has 0 radical (unpaired) electrons. The molecule has 0 unspecified atom stereocenters. The Bertz CT molecular complexity index is 426. The number of rotatable bonds is 7. The molecule has 0 saturated carbocycles. The maximum absolute atomic E-state index is 11.9. The van der Waals surface area contributed by atoms with Crippen molar-refractivity contribution < 1.29 is 4.74 Å². The second kappa shape index (κ2) is 6.54. The number of methoxy groups -OCH3 is 1. The number of hydrogen-bond donors (Lipinski definition) is 1. The summed E-state index contributed by atoms with van der Waals surface area (Å²) < 4.78 is 6.72. The van der Waals surface area contributed by atoms with Gasteiger partial charge in [-0.2, -0.15) is 0 Å². The maximum atomic E-state index is 11.9. The van der Waals surface area contributed by atoms with E-state index in [1.54, 1.807) is 24.1 Å². The number of hydrogen-bond acceptors (Lipinski definition) is 4. The van der Waals surface area contributed by atoms with Crippen molar-refractivity contribution in [2.75, 3.05) is 25.6 Å². The Balaban J connectivity index is 2.66. The molecular formula is C13H23N3O2. The van der Waals surface area contributed by atoms with Crippen LogP contribution in [-0.4, -0.2) is 29.8 Å². The van der Waals surface area contributed by atoms with Gasteiger partial charge < -0.3 is 14.6 Å². The van der Waals surface area contributed by atoms with Crippen LogP contribution in [0.2, 0.25) is 0 Å². The lowest BCUT2D eigenvalue weighted by Crippen LogP contribution is -2.30. The van der Waals surface area contributed by atoms with E-state index in [-0.39, 0.29) is 11.0 Å². The number of anilines is 1. The highest BCUT2D eigenvalue weighted by atomic mass is 16.5. The predicted octanol–water partition coefficient (Wildman–Crippen LogP) is 1.74. The monoisotopic (exact) mass is 253 g/mol. The Morgan fingerprint density at radius 1 is 1.50 bits per heavy atom. The van der Waals surface area contributed by atoms with E-state index in [0.717, 1.165) is 13.0 Å². The van der Waals surface area contributed by atoms with E-state index in [9.17, 15) is 4.79 Å². The van der Waals surface area contributed by atoms with Gasteiger partial charge in [0, 0.05) is 39.2 Å². The van der Waals surface area contributed by atoms with E-state index >= 15 is 0 Å². The van der Waals surface area contributed by atoms with Crippen molar-refractivity contribution in [1.29, 1.82) is 0 Å². The fraction of sp³-hybridized carbons (Fsp3) is 0.692. The first-order valence-corrected chi connectivity index (χ1v) is 6.28. The topological polar surface area (TPSA) is 56.1 Å². The molecule has 0 aromatic carbocycles. The van der Waals surface area contributed by atoms with Crippen LogP contribution in [0.3, 0.4) is 0 Å². The van der Waals surface area contributed by atoms with Crippen molar-refractivity contribution in [3.8, 4) is 0 Å². The summed E-state index contributed by atoms with van der Waals surface area (Å²) in [7, 11) is 1.70. The summed E-state index contributed by atoms with van der Waals surface area (Å²) in [6.07, 6.45) is 4.28. The zero-order valence-corrected chi connectivity index (χ0v) is 11.7. The summed E-state index contributed by atoms with van der Waals surface area (Å²) >= 11 is 0. The molecule has 0 aliphatic rings. The molecule has 5 nitrogen and oxygen atoms in total. The minimum Gasteiger partial charge on any atom is -0.385 e. The van der Waals surface area contributed by atoms with Crippen LogP contribution in [0.15, 0.2) is 17.2 Å². The molecule has 5 heteroatoms. The van der Waals surface area contributed by atoms with Gasteiger partial charge in [0.05, 0.1) is 0 Å². The van der Waals surface area contributed by atoms with Gasteiger partial charge in [0.25, 0.3) is 5.56 Å². The highest BCUT2D eigenvalue weighted by Crippen LogP contribution is 2.19. The molecule has 1 heterocycles. The van der Waals surface area contributed by atoms with E-state index in [4.69, 9.17) is 4.74 Å². The molecule has 102 valence electrons. The quantitative estimate of drug-likeness (QED) is 0.804. The number of nitrogens with one attached hydrogen (secondary N) is 1. The molecule has 0 amide bonds. The summed E-state index contributed by atoms with van der Waals surface area (Å²) in [5.74, 6) is 0.421. The first-order valence-electron chi connectivity index (χ1n) is 6.28. The lowest BCUT2D eigenvalue weighted by molar-refractivity contribution is 0.157. The summed E-state index contributed by atoms with van der Waals surface area (Å²) in [4.78, 5) is 16.0. The molecule has 1 N–H and O–H groups in total. The lowest BCUT2D eigenvalue weighted by atomic mass is 9.90. The van der Waals surface area contributed by atoms with Gasteiger partial charge in [-0.05, 0) is 18.8 Å². The average molecular weight is 253 g/mol. The molecule has 0 bridgehead atoms. The molecular weight excluding hydrogens is 230 g/mol. The van der Waals surface area contributed by atoms with E-state index < -0.39 is 0 Å². The SMILES string of the molecule is CCn1ccnc(NCC(C)(C)CCOC)c1=O. The van der Waals surface area contributed by atoms with Gasteiger partial charge in [0.2, 0.25) is 0 Å². The molecule has 1 aromatic heterocycles. The van der Waals surface area contributed by atoms with Crippen LogP contribution in [0.1, 0.15) is 27.2 Å². The van der Waals surface area contributed by atoms with Crippen LogP contribution in [0.5, 0.6) is 0 Å². The Hall–Kier alpha value is -1.36. The fourth-order valence-corrected chi connectivity index (χ4v) is 1.61. The third-order valence-corrected chi connectivity index (χ3v) is 2.97. The summed E-state index contributed by atoms with van der Waals surface area (Å²) in [6.45, 7) is 8.29. The van der Waals surface area contributed by atoms with Gasteiger partial charge in [-0.15, -0.1) is 0 Å². The molecule has 0 saturated heterocycles. The standard InChI is InChI=1S/C13H23N3O2/c1-5-16-8-7-14-11(12(16)17)15-10-13(2,3)6-9-18-4/h7-8H,5-6,9-10H2,1-4H3,(H,14,15). The van der Waals surface area contributed by atoms with Crippen LogP contribution in [0.4, 0.5) is 5.82 Å². The first-order chi connectivity index (χ1) is 8.50. The van der Waals surface area contributed by atoms with Gasteiger partial charge in [-0.1, -0.05) is 13.8 Å². The fourth-order valence-electron chi connectivity index (χ4n) is 1.61. The minimum atomic E-state index is -0.0671. The smallest absolute Gasteiger partial charge is 0.293 e. The van der Waals surface area contributed by atoms with Crippen molar-refractivity contribution >= 4 is 5.82 Å². The number of ether oxygens (including phenoxy) is 1. The highest BCUT2D eigenvalue weighted by Gasteiger charge is 2.18. The van der Waals surface area contributed by atoms with E-state index in [0.29, 0.717) is 18.9 Å². The molecule has 0 aliphatic carbocycles. The Kier molecular flexibility index (Phi) is 5.34. The largest absolute Gasteiger partial charge is 0.385 e. The number of aromatic nitrogens is 2. The zero-order valence-electron chi connectivity index (χ0n) is 11.7.